The number of nitrogens with zero attached hydrogens (tertiary/aromatic N) is 2. The van der Waals surface area contributed by atoms with Crippen molar-refractivity contribution in [3.63, 3.8) is 0 Å². The summed E-state index contributed by atoms with van der Waals surface area (Å²) < 4.78 is 5.42. The van der Waals surface area contributed by atoms with Crippen LogP contribution < -0.4 is 5.32 Å². The van der Waals surface area contributed by atoms with E-state index in [1.54, 1.807) is 12.4 Å². The molecule has 5 nitrogen and oxygen atoms in total. The first-order chi connectivity index (χ1) is 10.9. The Morgan fingerprint density at radius 3 is 2.43 bits per heavy atom. The summed E-state index contributed by atoms with van der Waals surface area (Å²) in [6.45, 7) is 6.25. The van der Waals surface area contributed by atoms with Crippen LogP contribution in [0.25, 0.3) is 0 Å². The molecular formula is C18H23N3O2. The van der Waals surface area contributed by atoms with Gasteiger partial charge in [0.15, 0.2) is 0 Å². The molecule has 23 heavy (non-hydrogen) atoms. The Labute approximate surface area is 137 Å². The average molecular weight is 313 g/mol. The number of ether oxygens (including phenoxy) is 1. The summed E-state index contributed by atoms with van der Waals surface area (Å²) in [5.41, 5.74) is 1.53. The van der Waals surface area contributed by atoms with Gasteiger partial charge in [0.05, 0.1) is 6.42 Å². The topological polar surface area (TPSA) is 64.1 Å². The molecule has 0 spiro atoms. The lowest BCUT2D eigenvalue weighted by Crippen LogP contribution is -2.29. The van der Waals surface area contributed by atoms with Crippen molar-refractivity contribution in [2.75, 3.05) is 0 Å². The smallest absolute Gasteiger partial charge is 0.308 e. The highest BCUT2D eigenvalue weighted by Crippen LogP contribution is 2.19. The number of nitrogens with one attached hydrogen (secondary N) is 1. The van der Waals surface area contributed by atoms with Crippen molar-refractivity contribution in [3.05, 3.63) is 60.2 Å². The third-order valence-electron chi connectivity index (χ3n) is 3.17. The fourth-order valence-corrected chi connectivity index (χ4v) is 2.19. The minimum Gasteiger partial charge on any atom is -0.460 e. The number of hydrogen-bond acceptors (Lipinski definition) is 5. The van der Waals surface area contributed by atoms with Crippen LogP contribution in [0.1, 0.15) is 44.4 Å². The van der Waals surface area contributed by atoms with Crippen LogP contribution in [0.3, 0.4) is 0 Å². The third kappa shape index (κ3) is 6.16. The molecule has 0 saturated heterocycles. The Balaban J connectivity index is 2.05. The maximum Gasteiger partial charge on any atom is 0.308 e. The van der Waals surface area contributed by atoms with E-state index in [1.807, 2.05) is 51.1 Å². The van der Waals surface area contributed by atoms with Gasteiger partial charge in [-0.3, -0.25) is 4.79 Å². The number of carbonyl (C=O) groups is 1. The molecule has 1 heterocycles. The van der Waals surface area contributed by atoms with Crippen LogP contribution in [0.4, 0.5) is 0 Å². The summed E-state index contributed by atoms with van der Waals surface area (Å²) in [6, 6.07) is 9.85. The van der Waals surface area contributed by atoms with Gasteiger partial charge < -0.3 is 10.1 Å². The molecular weight excluding hydrogens is 290 g/mol. The zero-order chi connectivity index (χ0) is 16.7. The predicted octanol–water partition coefficient (Wildman–Crippen LogP) is 3.04. The fraction of sp³-hybridized carbons (Fsp3) is 0.389. The molecule has 2 aromatic rings. The van der Waals surface area contributed by atoms with E-state index in [0.29, 0.717) is 6.54 Å². The van der Waals surface area contributed by atoms with Gasteiger partial charge in [-0.15, -0.1) is 0 Å². The third-order valence-corrected chi connectivity index (χ3v) is 3.17. The van der Waals surface area contributed by atoms with Gasteiger partial charge in [0.25, 0.3) is 0 Å². The predicted molar refractivity (Wildman–Crippen MR) is 88.5 cm³/mol. The molecule has 0 fully saturated rings. The van der Waals surface area contributed by atoms with Crippen LogP contribution in [-0.2, 0) is 16.1 Å². The van der Waals surface area contributed by atoms with Gasteiger partial charge in [-0.05, 0) is 26.3 Å². The molecule has 0 saturated carbocycles. The minimum atomic E-state index is -0.492. The molecule has 1 aromatic carbocycles. The molecule has 0 aliphatic rings. The van der Waals surface area contributed by atoms with E-state index in [-0.39, 0.29) is 18.4 Å². The highest BCUT2D eigenvalue weighted by molar-refractivity contribution is 5.70. The standard InChI is InChI=1S/C18H23N3O2/c1-18(2,3)23-17(22)9-16(15-11-19-13-20-12-15)21-10-14-7-5-4-6-8-14/h4-8,11-13,16,21H,9-10H2,1-3H3. The molecule has 122 valence electrons. The zero-order valence-electron chi connectivity index (χ0n) is 13.8. The highest BCUT2D eigenvalue weighted by Gasteiger charge is 2.21. The van der Waals surface area contributed by atoms with Crippen molar-refractivity contribution in [1.29, 1.82) is 0 Å². The summed E-state index contributed by atoms with van der Waals surface area (Å²) in [5, 5.41) is 3.39. The zero-order valence-corrected chi connectivity index (χ0v) is 13.8. The van der Waals surface area contributed by atoms with E-state index < -0.39 is 5.60 Å². The molecule has 2 rings (SSSR count). The number of aromatic nitrogens is 2. The van der Waals surface area contributed by atoms with E-state index in [0.717, 1.165) is 11.1 Å². The average Bonchev–Trinajstić information content (AvgIpc) is 2.51. The van der Waals surface area contributed by atoms with Gasteiger partial charge in [-0.25, -0.2) is 9.97 Å². The first-order valence-electron chi connectivity index (χ1n) is 7.68. The summed E-state index contributed by atoms with van der Waals surface area (Å²) in [5.74, 6) is -0.244. The second-order valence-electron chi connectivity index (χ2n) is 6.38. The molecule has 1 aromatic heterocycles. The lowest BCUT2D eigenvalue weighted by atomic mass is 10.1. The van der Waals surface area contributed by atoms with Gasteiger partial charge in [-0.1, -0.05) is 30.3 Å². The van der Waals surface area contributed by atoms with Crippen molar-refractivity contribution in [2.45, 2.75) is 45.4 Å². The van der Waals surface area contributed by atoms with Crippen molar-refractivity contribution < 1.29 is 9.53 Å². The van der Waals surface area contributed by atoms with Crippen LogP contribution >= 0.6 is 0 Å². The van der Waals surface area contributed by atoms with Gasteiger partial charge in [0, 0.05) is 30.5 Å². The Morgan fingerprint density at radius 1 is 1.17 bits per heavy atom. The number of esters is 1. The summed E-state index contributed by atoms with van der Waals surface area (Å²) in [6.07, 6.45) is 5.16. The van der Waals surface area contributed by atoms with Crippen LogP contribution in [-0.4, -0.2) is 21.5 Å². The number of carbonyl (C=O) groups excluding carboxylic acids is 1. The molecule has 0 bridgehead atoms. The number of benzene rings is 1. The van der Waals surface area contributed by atoms with E-state index in [2.05, 4.69) is 15.3 Å². The van der Waals surface area contributed by atoms with Crippen LogP contribution in [0.2, 0.25) is 0 Å². The maximum absolute atomic E-state index is 12.2. The molecule has 0 amide bonds. The van der Waals surface area contributed by atoms with Crippen LogP contribution in [0.15, 0.2) is 49.1 Å². The van der Waals surface area contributed by atoms with Crippen LogP contribution in [0, 0.1) is 0 Å². The first kappa shape index (κ1) is 17.1. The number of rotatable bonds is 6. The molecule has 0 aliphatic heterocycles. The van der Waals surface area contributed by atoms with Crippen molar-refractivity contribution >= 4 is 5.97 Å². The molecule has 1 unspecified atom stereocenters. The molecule has 1 atom stereocenters. The second-order valence-corrected chi connectivity index (χ2v) is 6.38. The molecule has 1 N–H and O–H groups in total. The summed E-state index contributed by atoms with van der Waals surface area (Å²) >= 11 is 0. The Morgan fingerprint density at radius 2 is 1.83 bits per heavy atom. The Kier molecular flexibility index (Phi) is 5.82. The Hall–Kier alpha value is -2.27. The van der Waals surface area contributed by atoms with Gasteiger partial charge in [-0.2, -0.15) is 0 Å². The Bertz CT molecular complexity index is 609. The molecule has 0 radical (unpaired) electrons. The quantitative estimate of drug-likeness (QED) is 0.830. The van der Waals surface area contributed by atoms with E-state index in [9.17, 15) is 4.79 Å². The van der Waals surface area contributed by atoms with Gasteiger partial charge in [0.1, 0.15) is 11.9 Å². The van der Waals surface area contributed by atoms with Gasteiger partial charge in [0.2, 0.25) is 0 Å². The lowest BCUT2D eigenvalue weighted by Gasteiger charge is -2.23. The summed E-state index contributed by atoms with van der Waals surface area (Å²) in [4.78, 5) is 20.2. The van der Waals surface area contributed by atoms with Crippen LogP contribution in [0.5, 0.6) is 0 Å². The SMILES string of the molecule is CC(C)(C)OC(=O)CC(NCc1ccccc1)c1cncnc1. The fourth-order valence-electron chi connectivity index (χ4n) is 2.19. The van der Waals surface area contributed by atoms with E-state index in [4.69, 9.17) is 4.74 Å². The van der Waals surface area contributed by atoms with Crippen molar-refractivity contribution in [3.8, 4) is 0 Å². The summed E-state index contributed by atoms with van der Waals surface area (Å²) in [7, 11) is 0. The van der Waals surface area contributed by atoms with Crippen molar-refractivity contribution in [1.82, 2.24) is 15.3 Å². The highest BCUT2D eigenvalue weighted by atomic mass is 16.6. The monoisotopic (exact) mass is 313 g/mol. The number of hydrogen-bond donors (Lipinski definition) is 1. The first-order valence-corrected chi connectivity index (χ1v) is 7.68. The largest absolute Gasteiger partial charge is 0.460 e. The van der Waals surface area contributed by atoms with E-state index >= 15 is 0 Å². The van der Waals surface area contributed by atoms with E-state index in [1.165, 1.54) is 6.33 Å². The van der Waals surface area contributed by atoms with Gasteiger partial charge >= 0.3 is 5.97 Å². The lowest BCUT2D eigenvalue weighted by molar-refractivity contribution is -0.155. The second kappa shape index (κ2) is 7.83. The maximum atomic E-state index is 12.2. The normalized spacial score (nSPS) is 12.7. The van der Waals surface area contributed by atoms with Crippen molar-refractivity contribution in [2.24, 2.45) is 0 Å². The molecule has 0 aliphatic carbocycles. The minimum absolute atomic E-state index is 0.189. The molecule has 5 heteroatoms.